The van der Waals surface area contributed by atoms with Crippen LogP contribution in [0.15, 0.2) is 0 Å². The molecule has 0 radical (unpaired) electrons. The molecule has 0 amide bonds. The minimum Gasteiger partial charge on any atom is -0.317 e. The average molecular weight is 241 g/mol. The lowest BCUT2D eigenvalue weighted by molar-refractivity contribution is -0.121. The summed E-state index contributed by atoms with van der Waals surface area (Å²) in [5, 5.41) is 3.44. The molecule has 0 fully saturated rings. The molecule has 0 aliphatic carbocycles. The largest absolute Gasteiger partial charge is 0.317 e. The Bertz CT molecular complexity index is 180. The molecule has 0 saturated carbocycles. The van der Waals surface area contributed by atoms with Crippen LogP contribution in [0, 0.1) is 5.92 Å². The maximum Gasteiger partial charge on any atom is 0.132 e. The van der Waals surface area contributed by atoms with E-state index < -0.39 is 0 Å². The molecule has 0 aliphatic rings. The van der Waals surface area contributed by atoms with Gasteiger partial charge in [-0.05, 0) is 45.7 Å². The van der Waals surface area contributed by atoms with Crippen molar-refractivity contribution in [2.24, 2.45) is 5.92 Å². The molecule has 1 N–H and O–H groups in total. The first-order chi connectivity index (χ1) is 8.22. The van der Waals surface area contributed by atoms with E-state index in [1.54, 1.807) is 6.92 Å². The number of unbranched alkanes of at least 4 members (excludes halogenated alkanes) is 3. The Hall–Kier alpha value is -0.370. The number of nitrogens with one attached hydrogen (secondary N) is 1. The van der Waals surface area contributed by atoms with Crippen molar-refractivity contribution in [3.8, 4) is 0 Å². The molecule has 0 bridgehead atoms. The second-order valence-corrected chi connectivity index (χ2v) is 5.05. The Kier molecular flexibility index (Phi) is 11.8. The minimum atomic E-state index is 0.314. The molecule has 102 valence electrons. The van der Waals surface area contributed by atoms with E-state index in [2.05, 4.69) is 19.2 Å². The van der Waals surface area contributed by atoms with Gasteiger partial charge in [-0.3, -0.25) is 4.79 Å². The van der Waals surface area contributed by atoms with E-state index >= 15 is 0 Å². The maximum atomic E-state index is 11.5. The van der Waals surface area contributed by atoms with Crippen molar-refractivity contribution in [1.29, 1.82) is 0 Å². The van der Waals surface area contributed by atoms with Crippen LogP contribution >= 0.6 is 0 Å². The fraction of sp³-hybridized carbons (Fsp3) is 0.933. The highest BCUT2D eigenvalue weighted by Gasteiger charge is 2.12. The maximum absolute atomic E-state index is 11.5. The standard InChI is InChI=1S/C15H31NO/c1-4-6-8-10-15(14(3)17)11-9-13-16-12-7-5-2/h15-16H,4-13H2,1-3H3. The number of Topliss-reactive ketones (excluding diaryl/α,β-unsaturated/α-hetero) is 1. The smallest absolute Gasteiger partial charge is 0.132 e. The van der Waals surface area contributed by atoms with Crippen molar-refractivity contribution in [3.05, 3.63) is 0 Å². The van der Waals surface area contributed by atoms with Crippen LogP contribution in [0.1, 0.15) is 72.1 Å². The van der Waals surface area contributed by atoms with Gasteiger partial charge in [-0.2, -0.15) is 0 Å². The first-order valence-corrected chi connectivity index (χ1v) is 7.43. The van der Waals surface area contributed by atoms with Gasteiger partial charge in [-0.1, -0.05) is 39.5 Å². The van der Waals surface area contributed by atoms with Crippen LogP contribution in [-0.2, 0) is 4.79 Å². The van der Waals surface area contributed by atoms with Gasteiger partial charge < -0.3 is 5.32 Å². The van der Waals surface area contributed by atoms with Gasteiger partial charge >= 0.3 is 0 Å². The molecule has 17 heavy (non-hydrogen) atoms. The third-order valence-corrected chi connectivity index (χ3v) is 3.34. The van der Waals surface area contributed by atoms with Crippen molar-refractivity contribution >= 4 is 5.78 Å². The molecule has 2 heteroatoms. The molecule has 0 spiro atoms. The Balaban J connectivity index is 3.52. The molecule has 1 unspecified atom stereocenters. The lowest BCUT2D eigenvalue weighted by Gasteiger charge is -2.13. The van der Waals surface area contributed by atoms with Gasteiger partial charge in [0.2, 0.25) is 0 Å². The summed E-state index contributed by atoms with van der Waals surface area (Å²) in [5.41, 5.74) is 0. The van der Waals surface area contributed by atoms with E-state index in [4.69, 9.17) is 0 Å². The van der Waals surface area contributed by atoms with Crippen LogP contribution in [0.3, 0.4) is 0 Å². The summed E-state index contributed by atoms with van der Waals surface area (Å²) < 4.78 is 0. The summed E-state index contributed by atoms with van der Waals surface area (Å²) in [4.78, 5) is 11.5. The molecule has 1 atom stereocenters. The lowest BCUT2D eigenvalue weighted by atomic mass is 9.93. The fourth-order valence-electron chi connectivity index (χ4n) is 2.09. The first kappa shape index (κ1) is 16.6. The Morgan fingerprint density at radius 3 is 2.12 bits per heavy atom. The number of hydrogen-bond acceptors (Lipinski definition) is 2. The normalized spacial score (nSPS) is 12.6. The van der Waals surface area contributed by atoms with Gasteiger partial charge in [0.15, 0.2) is 0 Å². The van der Waals surface area contributed by atoms with E-state index in [9.17, 15) is 4.79 Å². The SMILES string of the molecule is CCCCCC(CCCNCCCC)C(C)=O. The molecule has 0 aromatic carbocycles. The molecule has 2 nitrogen and oxygen atoms in total. The Morgan fingerprint density at radius 1 is 0.941 bits per heavy atom. The average Bonchev–Trinajstić information content (AvgIpc) is 2.31. The highest BCUT2D eigenvalue weighted by molar-refractivity contribution is 5.78. The number of hydrogen-bond donors (Lipinski definition) is 1. The van der Waals surface area contributed by atoms with Gasteiger partial charge in [-0.25, -0.2) is 0 Å². The summed E-state index contributed by atoms with van der Waals surface area (Å²) >= 11 is 0. The molecule has 0 aliphatic heterocycles. The summed E-state index contributed by atoms with van der Waals surface area (Å²) in [7, 11) is 0. The Labute approximate surface area is 108 Å². The summed E-state index contributed by atoms with van der Waals surface area (Å²) in [6.45, 7) is 8.36. The predicted molar refractivity (Wildman–Crippen MR) is 75.3 cm³/mol. The number of rotatable bonds is 12. The van der Waals surface area contributed by atoms with E-state index in [0.29, 0.717) is 11.7 Å². The molecule has 0 aromatic heterocycles. The number of ketones is 1. The summed E-state index contributed by atoms with van der Waals surface area (Å²) in [6, 6.07) is 0. The quantitative estimate of drug-likeness (QED) is 0.524. The van der Waals surface area contributed by atoms with Crippen molar-refractivity contribution in [2.75, 3.05) is 13.1 Å². The zero-order valence-electron chi connectivity index (χ0n) is 12.1. The molecule has 0 saturated heterocycles. The zero-order valence-corrected chi connectivity index (χ0v) is 12.1. The molecule has 0 rings (SSSR count). The molecule has 0 aromatic rings. The van der Waals surface area contributed by atoms with Crippen molar-refractivity contribution in [3.63, 3.8) is 0 Å². The van der Waals surface area contributed by atoms with Crippen LogP contribution in [0.5, 0.6) is 0 Å². The fourth-order valence-corrected chi connectivity index (χ4v) is 2.09. The van der Waals surface area contributed by atoms with Crippen LogP contribution in [0.2, 0.25) is 0 Å². The van der Waals surface area contributed by atoms with Crippen molar-refractivity contribution < 1.29 is 4.79 Å². The van der Waals surface area contributed by atoms with Crippen molar-refractivity contribution in [2.45, 2.75) is 72.1 Å². The third-order valence-electron chi connectivity index (χ3n) is 3.34. The molecule has 0 heterocycles. The van der Waals surface area contributed by atoms with Gasteiger partial charge in [0.25, 0.3) is 0 Å². The van der Waals surface area contributed by atoms with Gasteiger partial charge in [0.1, 0.15) is 5.78 Å². The van der Waals surface area contributed by atoms with E-state index in [1.165, 1.54) is 32.1 Å². The van der Waals surface area contributed by atoms with E-state index in [-0.39, 0.29) is 0 Å². The second-order valence-electron chi connectivity index (χ2n) is 5.05. The van der Waals surface area contributed by atoms with Gasteiger partial charge in [0.05, 0.1) is 0 Å². The van der Waals surface area contributed by atoms with E-state index in [0.717, 1.165) is 32.4 Å². The van der Waals surface area contributed by atoms with Crippen LogP contribution in [0.25, 0.3) is 0 Å². The highest BCUT2D eigenvalue weighted by Crippen LogP contribution is 2.16. The molecular formula is C15H31NO. The monoisotopic (exact) mass is 241 g/mol. The predicted octanol–water partition coefficient (Wildman–Crippen LogP) is 3.94. The van der Waals surface area contributed by atoms with Gasteiger partial charge in [-0.15, -0.1) is 0 Å². The second kappa shape index (κ2) is 12.1. The first-order valence-electron chi connectivity index (χ1n) is 7.43. The van der Waals surface area contributed by atoms with E-state index in [1.807, 2.05) is 0 Å². The molecular weight excluding hydrogens is 210 g/mol. The topological polar surface area (TPSA) is 29.1 Å². The number of carbonyl (C=O) groups excluding carboxylic acids is 1. The summed E-state index contributed by atoms with van der Waals surface area (Å²) in [6.07, 6.45) is 9.52. The highest BCUT2D eigenvalue weighted by atomic mass is 16.1. The van der Waals surface area contributed by atoms with Crippen molar-refractivity contribution in [1.82, 2.24) is 5.32 Å². The lowest BCUT2D eigenvalue weighted by Crippen LogP contribution is -2.19. The summed E-state index contributed by atoms with van der Waals surface area (Å²) in [5.74, 6) is 0.698. The zero-order chi connectivity index (χ0) is 12.9. The van der Waals surface area contributed by atoms with Crippen LogP contribution in [-0.4, -0.2) is 18.9 Å². The Morgan fingerprint density at radius 2 is 1.53 bits per heavy atom. The number of carbonyl (C=O) groups is 1. The van der Waals surface area contributed by atoms with Gasteiger partial charge in [0, 0.05) is 5.92 Å². The third kappa shape index (κ3) is 10.5. The van der Waals surface area contributed by atoms with Crippen LogP contribution in [0.4, 0.5) is 0 Å². The minimum absolute atomic E-state index is 0.314. The van der Waals surface area contributed by atoms with Crippen LogP contribution < -0.4 is 5.32 Å².